The summed E-state index contributed by atoms with van der Waals surface area (Å²) in [6.45, 7) is 29.7. The van der Waals surface area contributed by atoms with Gasteiger partial charge in [0.15, 0.2) is 0 Å². The van der Waals surface area contributed by atoms with Crippen LogP contribution >= 0.6 is 0 Å². The van der Waals surface area contributed by atoms with Gasteiger partial charge in [-0.15, -0.1) is 11.8 Å². The van der Waals surface area contributed by atoms with Crippen molar-refractivity contribution >= 4 is 35.2 Å². The number of aromatic nitrogens is 3. The summed E-state index contributed by atoms with van der Waals surface area (Å²) in [5.41, 5.74) is 0.455. The summed E-state index contributed by atoms with van der Waals surface area (Å²) >= 11 is 0. The van der Waals surface area contributed by atoms with Gasteiger partial charge in [-0.1, -0.05) is 53.4 Å². The van der Waals surface area contributed by atoms with E-state index in [0.717, 1.165) is 11.3 Å². The number of carbonyl (C=O) groups excluding carboxylic acids is 3. The lowest BCUT2D eigenvalue weighted by Crippen LogP contribution is -2.33. The quantitative estimate of drug-likeness (QED) is 0.190. The number of pyridine rings is 3. The van der Waals surface area contributed by atoms with Crippen LogP contribution in [-0.2, 0) is 25.3 Å². The van der Waals surface area contributed by atoms with Crippen LogP contribution in [0.15, 0.2) is 61.4 Å². The van der Waals surface area contributed by atoms with E-state index in [-0.39, 0.29) is 11.3 Å². The van der Waals surface area contributed by atoms with Gasteiger partial charge in [-0.25, -0.2) is 9.59 Å². The van der Waals surface area contributed by atoms with Crippen LogP contribution in [0.25, 0.3) is 0 Å². The fourth-order valence-electron chi connectivity index (χ4n) is 4.47. The third-order valence-electron chi connectivity index (χ3n) is 6.26. The fraction of sp³-hybridized carbons (Fsp3) is 0.488. The Hall–Kier alpha value is -5.46. The lowest BCUT2D eigenvalue weighted by atomic mass is 9.77. The first-order chi connectivity index (χ1) is 25.8. The first kappa shape index (κ1) is 51.6. The van der Waals surface area contributed by atoms with Crippen molar-refractivity contribution in [2.75, 3.05) is 16.0 Å². The number of hydrogen-bond acceptors (Lipinski definition) is 9. The smallest absolute Gasteiger partial charge is 0.412 e. The van der Waals surface area contributed by atoms with Gasteiger partial charge in [-0.05, 0) is 99.1 Å². The highest BCUT2D eigenvalue weighted by Crippen LogP contribution is 2.36. The molecule has 0 radical (unpaired) electrons. The molecule has 12 heteroatoms. The van der Waals surface area contributed by atoms with Crippen LogP contribution in [0.3, 0.4) is 0 Å². The zero-order valence-electron chi connectivity index (χ0n) is 35.8. The fourth-order valence-corrected chi connectivity index (χ4v) is 4.47. The number of aliphatic hydroxyl groups is 1. The zero-order chi connectivity index (χ0) is 42.9. The highest BCUT2D eigenvalue weighted by molar-refractivity contribution is 5.96. The summed E-state index contributed by atoms with van der Waals surface area (Å²) in [5.74, 6) is 11.3. The molecule has 4 heterocycles. The molecule has 0 aromatic carbocycles. The summed E-state index contributed by atoms with van der Waals surface area (Å²) in [4.78, 5) is 46.4. The third-order valence-corrected chi connectivity index (χ3v) is 6.26. The second-order valence-electron chi connectivity index (χ2n) is 13.2. The van der Waals surface area contributed by atoms with Gasteiger partial charge in [-0.2, -0.15) is 0 Å². The van der Waals surface area contributed by atoms with E-state index in [1.165, 1.54) is 12.4 Å². The van der Waals surface area contributed by atoms with Crippen LogP contribution in [0.5, 0.6) is 0 Å². The molecule has 12 nitrogen and oxygen atoms in total. The van der Waals surface area contributed by atoms with Crippen molar-refractivity contribution in [3.63, 3.8) is 0 Å². The van der Waals surface area contributed by atoms with Crippen molar-refractivity contribution in [1.82, 2.24) is 15.0 Å². The molecule has 55 heavy (non-hydrogen) atoms. The summed E-state index contributed by atoms with van der Waals surface area (Å²) < 4.78 is 10.2. The lowest BCUT2D eigenvalue weighted by molar-refractivity contribution is -0.117. The normalized spacial score (nSPS) is 14.5. The number of hydrogen-bond donors (Lipinski definition) is 4. The van der Waals surface area contributed by atoms with Crippen molar-refractivity contribution < 1.29 is 29.0 Å². The first-order valence-corrected chi connectivity index (χ1v) is 18.5. The van der Waals surface area contributed by atoms with Gasteiger partial charge in [0, 0.05) is 30.6 Å². The zero-order valence-corrected chi connectivity index (χ0v) is 35.8. The molecule has 4 rings (SSSR count). The molecule has 302 valence electrons. The Morgan fingerprint density at radius 2 is 1.31 bits per heavy atom. The first-order valence-electron chi connectivity index (χ1n) is 18.5. The molecule has 0 saturated carbocycles. The Labute approximate surface area is 330 Å². The van der Waals surface area contributed by atoms with Crippen LogP contribution in [0.1, 0.15) is 128 Å². The average Bonchev–Trinajstić information content (AvgIpc) is 3.10. The second-order valence-corrected chi connectivity index (χ2v) is 13.2. The van der Waals surface area contributed by atoms with Crippen molar-refractivity contribution in [3.05, 3.63) is 72.6 Å². The molecule has 4 N–H and O–H groups in total. The number of rotatable bonds is 3. The predicted octanol–water partition coefficient (Wildman–Crippen LogP) is 9.87. The summed E-state index contributed by atoms with van der Waals surface area (Å²) in [5, 5.41) is 18.3. The van der Waals surface area contributed by atoms with Gasteiger partial charge < -0.3 is 19.9 Å². The van der Waals surface area contributed by atoms with Crippen molar-refractivity contribution in [3.8, 4) is 23.7 Å². The van der Waals surface area contributed by atoms with Crippen LogP contribution in [0.4, 0.5) is 26.7 Å². The highest BCUT2D eigenvalue weighted by atomic mass is 16.6. The van der Waals surface area contributed by atoms with Gasteiger partial charge >= 0.3 is 12.2 Å². The second kappa shape index (κ2) is 25.5. The summed E-state index contributed by atoms with van der Waals surface area (Å²) in [7, 11) is 0. The molecule has 1 aliphatic rings. The standard InChI is InChI=1S/C15H20N2O3.C12H12N2O.C10H14N2O2.3C2H6/c1-6-8-15(5,19)11-7-9-16-10-12(11)17-13(18)20-14(2,3)4;1-3-5-12(2)7-11(15)14-10-8-13-6-4-9(10)12;1-10(2,3)14-9(13)12-8-5-4-6-11-7-8;3*1-2/h7,9-10,19H,1-5H3,(H,17,18);4,6,8H,7H2,1-2H3,(H,14,15);4-7H,1-3H3,(H,12,13);3*1-2H3. The number of carbonyl (C=O) groups is 3. The van der Waals surface area contributed by atoms with Crippen molar-refractivity contribution in [1.29, 1.82) is 0 Å². The van der Waals surface area contributed by atoms with Gasteiger partial charge in [0.1, 0.15) is 16.8 Å². The van der Waals surface area contributed by atoms with Gasteiger partial charge in [0.25, 0.3) is 0 Å². The Bertz CT molecular complexity index is 1730. The topological polar surface area (TPSA) is 165 Å². The number of fused-ring (bicyclic) bond motifs is 1. The van der Waals surface area contributed by atoms with Crippen LogP contribution < -0.4 is 16.0 Å². The summed E-state index contributed by atoms with van der Waals surface area (Å²) in [6, 6.07) is 7.01. The Morgan fingerprint density at radius 1 is 0.782 bits per heavy atom. The molecule has 0 bridgehead atoms. The van der Waals surface area contributed by atoms with Crippen LogP contribution in [0, 0.1) is 23.7 Å². The number of anilines is 3. The minimum atomic E-state index is -1.37. The SMILES string of the molecule is CC.CC.CC.CC#CC(C)(O)c1ccncc1NC(=O)OC(C)(C)C.CC#CC1(C)CC(=O)Nc2cnccc21.CC(C)(C)OC(=O)Nc1cccnc1. The minimum Gasteiger partial charge on any atom is -0.444 e. The Balaban J connectivity index is 0. The molecule has 2 unspecified atom stereocenters. The molecular formula is C43H64N6O6. The van der Waals surface area contributed by atoms with E-state index in [1.54, 1.807) is 84.5 Å². The van der Waals surface area contributed by atoms with E-state index < -0.39 is 29.0 Å². The Kier molecular flexibility index (Phi) is 24.0. The molecule has 2 atom stereocenters. The van der Waals surface area contributed by atoms with E-state index in [2.05, 4.69) is 54.6 Å². The number of amides is 3. The third kappa shape index (κ3) is 20.5. The maximum atomic E-state index is 11.8. The monoisotopic (exact) mass is 760 g/mol. The number of ether oxygens (including phenoxy) is 2. The molecular weight excluding hydrogens is 697 g/mol. The van der Waals surface area contributed by atoms with Crippen LogP contribution in [-0.4, -0.2) is 49.4 Å². The van der Waals surface area contributed by atoms with Crippen molar-refractivity contribution in [2.45, 2.75) is 139 Å². The molecule has 3 aromatic rings. The largest absolute Gasteiger partial charge is 0.444 e. The van der Waals surface area contributed by atoms with Crippen LogP contribution in [0.2, 0.25) is 0 Å². The number of nitrogens with zero attached hydrogens (tertiary/aromatic N) is 3. The van der Waals surface area contributed by atoms with E-state index in [9.17, 15) is 19.5 Å². The average molecular weight is 761 g/mol. The molecule has 1 aliphatic heterocycles. The molecule has 0 spiro atoms. The van der Waals surface area contributed by atoms with Gasteiger partial charge in [0.2, 0.25) is 5.91 Å². The van der Waals surface area contributed by atoms with Gasteiger partial charge in [0.05, 0.1) is 41.1 Å². The lowest BCUT2D eigenvalue weighted by Gasteiger charge is -2.30. The maximum absolute atomic E-state index is 11.8. The van der Waals surface area contributed by atoms with E-state index in [1.807, 2.05) is 75.3 Å². The van der Waals surface area contributed by atoms with E-state index in [0.29, 0.717) is 23.4 Å². The summed E-state index contributed by atoms with van der Waals surface area (Å²) in [6.07, 6.45) is 8.91. The minimum absolute atomic E-state index is 0.000694. The van der Waals surface area contributed by atoms with Gasteiger partial charge in [-0.3, -0.25) is 30.4 Å². The molecule has 3 aromatic heterocycles. The molecule has 3 amide bonds. The van der Waals surface area contributed by atoms with E-state index in [4.69, 9.17) is 9.47 Å². The van der Waals surface area contributed by atoms with Crippen molar-refractivity contribution in [2.24, 2.45) is 0 Å². The molecule has 0 saturated heterocycles. The Morgan fingerprint density at radius 3 is 1.82 bits per heavy atom. The number of nitrogens with one attached hydrogen (secondary N) is 3. The maximum Gasteiger partial charge on any atom is 0.412 e. The van der Waals surface area contributed by atoms with E-state index >= 15 is 0 Å². The predicted molar refractivity (Wildman–Crippen MR) is 224 cm³/mol. The molecule has 0 fully saturated rings. The highest BCUT2D eigenvalue weighted by Gasteiger charge is 2.34. The molecule has 0 aliphatic carbocycles.